The van der Waals surface area contributed by atoms with Gasteiger partial charge in [0.1, 0.15) is 5.56 Å². The smallest absolute Gasteiger partial charge is 0.264 e. The molecule has 0 aliphatic carbocycles. The summed E-state index contributed by atoms with van der Waals surface area (Å²) in [6.07, 6.45) is 6.82. The number of nitrogens with two attached hydrogens (primary N) is 1. The highest BCUT2D eigenvalue weighted by Crippen LogP contribution is 2.24. The Labute approximate surface area is 245 Å². The summed E-state index contributed by atoms with van der Waals surface area (Å²) in [4.78, 5) is 32.1. The third-order valence-electron chi connectivity index (χ3n) is 7.29. The Morgan fingerprint density at radius 1 is 0.930 bits per heavy atom. The molecule has 3 N–H and O–H groups in total. The van der Waals surface area contributed by atoms with Gasteiger partial charge in [-0.25, -0.2) is 14.0 Å². The number of carbonyl (C=O) groups excluding carboxylic acids is 1. The maximum absolute atomic E-state index is 14.3. The fraction of sp³-hybridized carbons (Fsp3) is 0.0606. The first kappa shape index (κ1) is 25.7. The summed E-state index contributed by atoms with van der Waals surface area (Å²) < 4.78 is 4.83. The van der Waals surface area contributed by atoms with Crippen LogP contribution in [0.25, 0.3) is 27.6 Å². The lowest BCUT2D eigenvalue weighted by Crippen LogP contribution is -2.32. The van der Waals surface area contributed by atoms with Gasteiger partial charge < -0.3 is 11.1 Å². The fourth-order valence-electron chi connectivity index (χ4n) is 5.28. The number of benzene rings is 2. The standard InChI is InChI=1S/C33H24N8O2/c1-21(37-32(42)29-30(34)38-40-18-8-16-35-31(29)40)27-19-23-10-7-9-22(14-15-24-20-36-39-17-6-5-13-26(24)39)28(23)33(43)41(27)25-11-3-2-4-12-25/h2-13,16-21H,1H3,(H2,34,38)(H,37,42)/t21-/m0/s1. The van der Waals surface area contributed by atoms with E-state index in [1.807, 2.05) is 85.9 Å². The van der Waals surface area contributed by atoms with Gasteiger partial charge in [0, 0.05) is 35.5 Å². The Balaban J connectivity index is 1.35. The molecule has 10 heteroatoms. The second-order valence-corrected chi connectivity index (χ2v) is 10.00. The number of pyridine rings is 2. The van der Waals surface area contributed by atoms with Crippen LogP contribution >= 0.6 is 0 Å². The van der Waals surface area contributed by atoms with E-state index in [4.69, 9.17) is 5.73 Å². The van der Waals surface area contributed by atoms with E-state index >= 15 is 0 Å². The number of nitrogens with one attached hydrogen (secondary N) is 1. The van der Waals surface area contributed by atoms with Crippen molar-refractivity contribution >= 4 is 33.7 Å². The summed E-state index contributed by atoms with van der Waals surface area (Å²) >= 11 is 0. The summed E-state index contributed by atoms with van der Waals surface area (Å²) in [5.74, 6) is 6.03. The molecule has 7 rings (SSSR count). The Morgan fingerprint density at radius 3 is 2.58 bits per heavy atom. The molecule has 208 valence electrons. The number of para-hydroxylation sites is 1. The third-order valence-corrected chi connectivity index (χ3v) is 7.29. The van der Waals surface area contributed by atoms with Crippen LogP contribution in [0, 0.1) is 11.8 Å². The van der Waals surface area contributed by atoms with Crippen molar-refractivity contribution in [2.24, 2.45) is 0 Å². The predicted octanol–water partition coefficient (Wildman–Crippen LogP) is 4.15. The van der Waals surface area contributed by atoms with Gasteiger partial charge in [0.05, 0.1) is 28.7 Å². The maximum Gasteiger partial charge on any atom is 0.264 e. The van der Waals surface area contributed by atoms with Crippen LogP contribution in [-0.2, 0) is 0 Å². The van der Waals surface area contributed by atoms with Crippen molar-refractivity contribution in [2.45, 2.75) is 13.0 Å². The molecule has 0 unspecified atom stereocenters. The van der Waals surface area contributed by atoms with Crippen molar-refractivity contribution in [1.82, 2.24) is 34.1 Å². The van der Waals surface area contributed by atoms with Gasteiger partial charge in [0.25, 0.3) is 11.5 Å². The molecule has 0 saturated carbocycles. The van der Waals surface area contributed by atoms with E-state index in [1.54, 1.807) is 33.7 Å². The van der Waals surface area contributed by atoms with Gasteiger partial charge >= 0.3 is 0 Å². The number of nitrogens with zero attached hydrogens (tertiary/aromatic N) is 6. The average molecular weight is 565 g/mol. The number of amides is 1. The highest BCUT2D eigenvalue weighted by Gasteiger charge is 2.24. The molecule has 1 amide bonds. The van der Waals surface area contributed by atoms with Gasteiger partial charge in [-0.15, -0.1) is 5.10 Å². The molecule has 1 atom stereocenters. The van der Waals surface area contributed by atoms with E-state index in [-0.39, 0.29) is 16.9 Å². The first-order chi connectivity index (χ1) is 21.0. The molecule has 0 aliphatic heterocycles. The van der Waals surface area contributed by atoms with Gasteiger partial charge in [0.2, 0.25) is 0 Å². The Hall–Kier alpha value is -6.21. The zero-order valence-electron chi connectivity index (χ0n) is 23.0. The number of rotatable bonds is 4. The predicted molar refractivity (Wildman–Crippen MR) is 164 cm³/mol. The van der Waals surface area contributed by atoms with Crippen LogP contribution in [0.4, 0.5) is 5.82 Å². The first-order valence-electron chi connectivity index (χ1n) is 13.6. The third kappa shape index (κ3) is 4.45. The summed E-state index contributed by atoms with van der Waals surface area (Å²) in [7, 11) is 0. The molecule has 0 spiro atoms. The number of aromatic nitrogens is 6. The van der Waals surface area contributed by atoms with E-state index in [0.29, 0.717) is 33.4 Å². The molecule has 0 fully saturated rings. The highest BCUT2D eigenvalue weighted by molar-refractivity contribution is 6.04. The van der Waals surface area contributed by atoms with Crippen LogP contribution in [-0.4, -0.2) is 34.7 Å². The Kier molecular flexibility index (Phi) is 6.18. The van der Waals surface area contributed by atoms with Gasteiger partial charge in [-0.1, -0.05) is 48.2 Å². The second-order valence-electron chi connectivity index (χ2n) is 10.00. The molecule has 5 aromatic heterocycles. The molecule has 0 bridgehead atoms. The van der Waals surface area contributed by atoms with Gasteiger partial charge in [-0.05, 0) is 54.8 Å². The van der Waals surface area contributed by atoms with Crippen molar-refractivity contribution in [2.75, 3.05) is 5.73 Å². The number of carbonyl (C=O) groups is 1. The van der Waals surface area contributed by atoms with Crippen molar-refractivity contribution in [3.05, 3.63) is 136 Å². The number of nitrogen functional groups attached to an aromatic ring is 1. The van der Waals surface area contributed by atoms with Crippen molar-refractivity contribution < 1.29 is 4.79 Å². The number of hydrogen-bond acceptors (Lipinski definition) is 6. The molecule has 10 nitrogen and oxygen atoms in total. The van der Waals surface area contributed by atoms with Crippen LogP contribution in [0.3, 0.4) is 0 Å². The quantitative estimate of drug-likeness (QED) is 0.310. The normalized spacial score (nSPS) is 11.8. The van der Waals surface area contributed by atoms with Gasteiger partial charge in [-0.3, -0.25) is 14.2 Å². The van der Waals surface area contributed by atoms with Crippen molar-refractivity contribution in [3.63, 3.8) is 0 Å². The van der Waals surface area contributed by atoms with E-state index in [9.17, 15) is 9.59 Å². The summed E-state index contributed by atoms with van der Waals surface area (Å²) in [5, 5.41) is 12.7. The van der Waals surface area contributed by atoms with Crippen molar-refractivity contribution in [3.8, 4) is 17.5 Å². The molecule has 7 aromatic rings. The molecule has 0 saturated heterocycles. The number of hydrogen-bond donors (Lipinski definition) is 2. The SMILES string of the molecule is C[C@H](NC(=O)c1c(N)nn2cccnc12)c1cc2cccc(C#Cc3cnn4ccccc34)c2c(=O)n1-c1ccccc1. The molecule has 2 aromatic carbocycles. The lowest BCUT2D eigenvalue weighted by molar-refractivity contribution is 0.0941. The molecule has 43 heavy (non-hydrogen) atoms. The zero-order valence-corrected chi connectivity index (χ0v) is 23.0. The fourth-order valence-corrected chi connectivity index (χ4v) is 5.28. The van der Waals surface area contributed by atoms with E-state index < -0.39 is 11.9 Å². The number of anilines is 1. The lowest BCUT2D eigenvalue weighted by Gasteiger charge is -2.21. The average Bonchev–Trinajstić information content (AvgIpc) is 3.60. The van der Waals surface area contributed by atoms with E-state index in [1.165, 1.54) is 4.52 Å². The number of fused-ring (bicyclic) bond motifs is 3. The van der Waals surface area contributed by atoms with Gasteiger partial charge in [-0.2, -0.15) is 5.10 Å². The zero-order chi connectivity index (χ0) is 29.5. The minimum Gasteiger partial charge on any atom is -0.381 e. The Bertz CT molecular complexity index is 2300. The van der Waals surface area contributed by atoms with E-state index in [2.05, 4.69) is 32.3 Å². The second kappa shape index (κ2) is 10.3. The van der Waals surface area contributed by atoms with Crippen LogP contribution in [0.5, 0.6) is 0 Å². The summed E-state index contributed by atoms with van der Waals surface area (Å²) in [6.45, 7) is 1.82. The molecule has 5 heterocycles. The maximum atomic E-state index is 14.3. The minimum absolute atomic E-state index is 0.0665. The van der Waals surface area contributed by atoms with Crippen molar-refractivity contribution in [1.29, 1.82) is 0 Å². The molecule has 0 aliphatic rings. The minimum atomic E-state index is -0.587. The lowest BCUT2D eigenvalue weighted by atomic mass is 10.0. The van der Waals surface area contributed by atoms with Crippen LogP contribution in [0.2, 0.25) is 0 Å². The topological polar surface area (TPSA) is 125 Å². The molecular formula is C33H24N8O2. The summed E-state index contributed by atoms with van der Waals surface area (Å²) in [5.41, 5.74) is 9.85. The van der Waals surface area contributed by atoms with E-state index in [0.717, 1.165) is 11.1 Å². The molecule has 0 radical (unpaired) electrons. The van der Waals surface area contributed by atoms with Gasteiger partial charge in [0.15, 0.2) is 11.5 Å². The monoisotopic (exact) mass is 564 g/mol. The Morgan fingerprint density at radius 2 is 1.72 bits per heavy atom. The highest BCUT2D eigenvalue weighted by atomic mass is 16.2. The first-order valence-corrected chi connectivity index (χ1v) is 13.6. The molecular weight excluding hydrogens is 540 g/mol. The van der Waals surface area contributed by atoms with Crippen LogP contribution in [0.1, 0.15) is 40.1 Å². The summed E-state index contributed by atoms with van der Waals surface area (Å²) in [6, 6.07) is 23.7. The largest absolute Gasteiger partial charge is 0.381 e. The van der Waals surface area contributed by atoms with Crippen LogP contribution < -0.4 is 16.6 Å². The van der Waals surface area contributed by atoms with Crippen LogP contribution in [0.15, 0.2) is 108 Å².